The maximum atomic E-state index is 13.2. The summed E-state index contributed by atoms with van der Waals surface area (Å²) in [5.74, 6) is -1.84. The van der Waals surface area contributed by atoms with E-state index in [4.69, 9.17) is 10.3 Å². The topological polar surface area (TPSA) is 75.1 Å². The zero-order valence-corrected chi connectivity index (χ0v) is 10.9. The van der Waals surface area contributed by atoms with Crippen LogP contribution < -0.4 is 0 Å². The Morgan fingerprint density at radius 2 is 2.06 bits per heavy atom. The lowest BCUT2D eigenvalue weighted by Crippen LogP contribution is -2.25. The maximum Gasteiger partial charge on any atom is 0.328 e. The molecule has 5 nitrogen and oxygen atoms in total. The second kappa shape index (κ2) is 7.87. The van der Waals surface area contributed by atoms with Crippen molar-refractivity contribution in [2.45, 2.75) is 46.1 Å². The first-order valence-corrected chi connectivity index (χ1v) is 5.99. The highest BCUT2D eigenvalue weighted by molar-refractivity contribution is 5.72. The third kappa shape index (κ3) is 5.31. The molecule has 0 aromatic heterocycles. The van der Waals surface area contributed by atoms with E-state index in [1.54, 1.807) is 13.8 Å². The van der Waals surface area contributed by atoms with Gasteiger partial charge in [-0.15, -0.1) is 0 Å². The summed E-state index contributed by atoms with van der Waals surface area (Å²) < 4.78 is 31.2. The first kappa shape index (κ1) is 16.6. The summed E-state index contributed by atoms with van der Waals surface area (Å²) in [6.45, 7) is 5.08. The van der Waals surface area contributed by atoms with E-state index in [0.717, 1.165) is 0 Å². The fourth-order valence-electron chi connectivity index (χ4n) is 1.53. The molecular weight excluding hydrogens is 244 g/mol. The third-order valence-electron chi connectivity index (χ3n) is 2.83. The molecule has 0 N–H and O–H groups in total. The lowest BCUT2D eigenvalue weighted by molar-refractivity contribution is -0.148. The molecule has 104 valence electrons. The number of carbonyl (C=O) groups is 1. The molecule has 0 aromatic carbocycles. The molecule has 0 heterocycles. The van der Waals surface area contributed by atoms with E-state index in [1.807, 2.05) is 0 Å². The number of azide groups is 1. The summed E-state index contributed by atoms with van der Waals surface area (Å²) in [5.41, 5.74) is 8.04. The first-order valence-electron chi connectivity index (χ1n) is 5.99. The van der Waals surface area contributed by atoms with E-state index in [2.05, 4.69) is 10.0 Å². The van der Waals surface area contributed by atoms with Gasteiger partial charge in [0, 0.05) is 10.8 Å². The first-order chi connectivity index (χ1) is 8.38. The van der Waals surface area contributed by atoms with E-state index in [1.165, 1.54) is 6.92 Å². The van der Waals surface area contributed by atoms with Crippen LogP contribution in [0.25, 0.3) is 10.4 Å². The lowest BCUT2D eigenvalue weighted by Gasteiger charge is -2.20. The Morgan fingerprint density at radius 3 is 2.50 bits per heavy atom. The van der Waals surface area contributed by atoms with Gasteiger partial charge in [0.2, 0.25) is 0 Å². The largest absolute Gasteiger partial charge is 0.466 e. The Kier molecular flexibility index (Phi) is 7.27. The van der Waals surface area contributed by atoms with Crippen LogP contribution in [0.5, 0.6) is 0 Å². The second-order valence-corrected chi connectivity index (χ2v) is 4.11. The van der Waals surface area contributed by atoms with Crippen LogP contribution in [0.1, 0.15) is 40.0 Å². The number of esters is 1. The Balaban J connectivity index is 4.36. The van der Waals surface area contributed by atoms with Gasteiger partial charge < -0.3 is 4.74 Å². The van der Waals surface area contributed by atoms with Gasteiger partial charge in [-0.1, -0.05) is 13.8 Å². The SMILES string of the molecule is CCOC(=O)C(CC)CCC(C)C(F)(F)N=[N+]=[N-]. The molecule has 0 saturated carbocycles. The molecule has 0 fully saturated rings. The van der Waals surface area contributed by atoms with Crippen molar-refractivity contribution < 1.29 is 18.3 Å². The molecule has 18 heavy (non-hydrogen) atoms. The van der Waals surface area contributed by atoms with Gasteiger partial charge in [-0.05, 0) is 36.8 Å². The monoisotopic (exact) mass is 263 g/mol. The third-order valence-corrected chi connectivity index (χ3v) is 2.83. The number of rotatable bonds is 8. The van der Waals surface area contributed by atoms with Gasteiger partial charge in [-0.2, -0.15) is 8.78 Å². The molecule has 2 atom stereocenters. The summed E-state index contributed by atoms with van der Waals surface area (Å²) in [4.78, 5) is 13.6. The fraction of sp³-hybridized carbons (Fsp3) is 0.909. The fourth-order valence-corrected chi connectivity index (χ4v) is 1.53. The Morgan fingerprint density at radius 1 is 1.44 bits per heavy atom. The maximum absolute atomic E-state index is 13.2. The van der Waals surface area contributed by atoms with Crippen molar-refractivity contribution in [3.8, 4) is 0 Å². The molecule has 0 spiro atoms. The summed E-state index contributed by atoms with van der Waals surface area (Å²) in [6.07, 6.45) is 0.940. The molecule has 0 radical (unpaired) electrons. The van der Waals surface area contributed by atoms with Crippen LogP contribution >= 0.6 is 0 Å². The zero-order chi connectivity index (χ0) is 14.2. The van der Waals surface area contributed by atoms with Crippen LogP contribution in [0.3, 0.4) is 0 Å². The summed E-state index contributed by atoms with van der Waals surface area (Å²) in [7, 11) is 0. The number of nitrogens with zero attached hydrogens (tertiary/aromatic N) is 3. The Bertz CT molecular complexity index is 317. The van der Waals surface area contributed by atoms with Crippen LogP contribution in [-0.4, -0.2) is 18.6 Å². The van der Waals surface area contributed by atoms with Gasteiger partial charge in [0.15, 0.2) is 0 Å². The van der Waals surface area contributed by atoms with Gasteiger partial charge in [0.05, 0.1) is 12.5 Å². The molecule has 7 heteroatoms. The van der Waals surface area contributed by atoms with Gasteiger partial charge in [0.25, 0.3) is 0 Å². The summed E-state index contributed by atoms with van der Waals surface area (Å²) in [5, 5.41) is 2.47. The quantitative estimate of drug-likeness (QED) is 0.219. The number of hydrogen-bond acceptors (Lipinski definition) is 3. The molecular formula is C11H19F2N3O2. The van der Waals surface area contributed by atoms with E-state index in [0.29, 0.717) is 12.8 Å². The minimum absolute atomic E-state index is 0.101. The van der Waals surface area contributed by atoms with Crippen LogP contribution in [0, 0.1) is 11.8 Å². The van der Waals surface area contributed by atoms with Gasteiger partial charge >= 0.3 is 12.0 Å². The van der Waals surface area contributed by atoms with E-state index >= 15 is 0 Å². The van der Waals surface area contributed by atoms with E-state index in [-0.39, 0.29) is 24.9 Å². The van der Waals surface area contributed by atoms with E-state index < -0.39 is 12.0 Å². The molecule has 0 saturated heterocycles. The Labute approximate surface area is 105 Å². The molecule has 0 amide bonds. The van der Waals surface area contributed by atoms with Crippen molar-refractivity contribution in [3.63, 3.8) is 0 Å². The van der Waals surface area contributed by atoms with Crippen LogP contribution in [-0.2, 0) is 9.53 Å². The van der Waals surface area contributed by atoms with Gasteiger partial charge in [-0.25, -0.2) is 0 Å². The molecule has 0 aliphatic carbocycles. The molecule has 0 bridgehead atoms. The summed E-state index contributed by atoms with van der Waals surface area (Å²) >= 11 is 0. The van der Waals surface area contributed by atoms with Gasteiger partial charge in [0.1, 0.15) is 0 Å². The number of carbonyl (C=O) groups excluding carboxylic acids is 1. The Hall–Kier alpha value is -1.36. The van der Waals surface area contributed by atoms with E-state index in [9.17, 15) is 13.6 Å². The minimum Gasteiger partial charge on any atom is -0.466 e. The standard InChI is InChI=1S/C11H19F2N3O2/c1-4-9(10(17)18-5-2)7-6-8(3)11(12,13)15-16-14/h8-9H,4-7H2,1-3H3. The van der Waals surface area contributed by atoms with Crippen molar-refractivity contribution in [3.05, 3.63) is 10.4 Å². The number of hydrogen-bond donors (Lipinski definition) is 0. The zero-order valence-electron chi connectivity index (χ0n) is 10.9. The molecule has 0 rings (SSSR count). The van der Waals surface area contributed by atoms with Crippen molar-refractivity contribution in [1.29, 1.82) is 0 Å². The van der Waals surface area contributed by atoms with Gasteiger partial charge in [-0.3, -0.25) is 4.79 Å². The second-order valence-electron chi connectivity index (χ2n) is 4.11. The highest BCUT2D eigenvalue weighted by Crippen LogP contribution is 2.31. The van der Waals surface area contributed by atoms with Crippen LogP contribution in [0.4, 0.5) is 8.78 Å². The predicted octanol–water partition coefficient (Wildman–Crippen LogP) is 3.90. The van der Waals surface area contributed by atoms with Crippen LogP contribution in [0.2, 0.25) is 0 Å². The van der Waals surface area contributed by atoms with Crippen molar-refractivity contribution in [1.82, 2.24) is 0 Å². The average molecular weight is 263 g/mol. The number of alkyl halides is 2. The highest BCUT2D eigenvalue weighted by Gasteiger charge is 2.35. The molecule has 0 aliphatic rings. The van der Waals surface area contributed by atoms with Crippen molar-refractivity contribution in [2.75, 3.05) is 6.61 Å². The number of ether oxygens (including phenoxy) is 1. The number of halogens is 2. The average Bonchev–Trinajstić information content (AvgIpc) is 2.29. The molecule has 0 aromatic rings. The highest BCUT2D eigenvalue weighted by atomic mass is 19.3. The van der Waals surface area contributed by atoms with Crippen molar-refractivity contribution in [2.24, 2.45) is 17.0 Å². The molecule has 0 aliphatic heterocycles. The normalized spacial score (nSPS) is 14.5. The van der Waals surface area contributed by atoms with Crippen LogP contribution in [0.15, 0.2) is 5.11 Å². The lowest BCUT2D eigenvalue weighted by atomic mass is 9.94. The summed E-state index contributed by atoms with van der Waals surface area (Å²) in [6, 6.07) is -3.41. The predicted molar refractivity (Wildman–Crippen MR) is 62.9 cm³/mol. The minimum atomic E-state index is -3.41. The van der Waals surface area contributed by atoms with Crippen molar-refractivity contribution >= 4 is 5.97 Å². The smallest absolute Gasteiger partial charge is 0.328 e. The molecule has 2 unspecified atom stereocenters.